The molecule has 0 aliphatic carbocycles. The van der Waals surface area contributed by atoms with E-state index in [9.17, 15) is 8.42 Å². The van der Waals surface area contributed by atoms with Gasteiger partial charge in [0.1, 0.15) is 0 Å². The fraction of sp³-hybridized carbons (Fsp3) is 0.571. The van der Waals surface area contributed by atoms with Crippen LogP contribution in [0.2, 0.25) is 0 Å². The number of benzene rings is 1. The summed E-state index contributed by atoms with van der Waals surface area (Å²) >= 11 is 3.29. The van der Waals surface area contributed by atoms with Crippen LogP contribution < -0.4 is 0 Å². The Hall–Kier alpha value is -0.470. The minimum absolute atomic E-state index is 0.109. The molecule has 118 valence electrons. The Balaban J connectivity index is 2.20. The summed E-state index contributed by atoms with van der Waals surface area (Å²) in [5, 5.41) is 9.10. The van der Waals surface area contributed by atoms with Crippen LogP contribution in [0, 0.1) is 0 Å². The summed E-state index contributed by atoms with van der Waals surface area (Å²) in [5.41, 5.74) is 0.680. The van der Waals surface area contributed by atoms with Crippen LogP contribution in [0.4, 0.5) is 0 Å². The molecule has 1 aliphatic rings. The molecule has 1 N–H and O–H groups in total. The van der Waals surface area contributed by atoms with Crippen LogP contribution in [-0.4, -0.2) is 56.0 Å². The van der Waals surface area contributed by atoms with E-state index in [1.54, 1.807) is 25.2 Å². The maximum absolute atomic E-state index is 12.7. The van der Waals surface area contributed by atoms with Crippen molar-refractivity contribution in [1.82, 2.24) is 9.21 Å². The second-order valence-corrected chi connectivity index (χ2v) is 8.35. The first-order chi connectivity index (χ1) is 9.86. The summed E-state index contributed by atoms with van der Waals surface area (Å²) in [6.07, 6.45) is 2.14. The standard InChI is InChI=1S/C14H21BrN2O3S/c1-16-7-3-4-12(16)9-17(2)21(19,20)14-6-5-11(10-18)8-13(14)15/h5-6,8,12,18H,3-4,7,9-10H2,1-2H3. The third-order valence-corrected chi connectivity index (χ3v) is 6.81. The second kappa shape index (κ2) is 6.75. The highest BCUT2D eigenvalue weighted by Crippen LogP contribution is 2.27. The minimum atomic E-state index is -3.53. The van der Waals surface area contributed by atoms with Gasteiger partial charge in [-0.3, -0.25) is 0 Å². The molecule has 0 radical (unpaired) electrons. The van der Waals surface area contributed by atoms with E-state index in [0.29, 0.717) is 16.6 Å². The van der Waals surface area contributed by atoms with Crippen molar-refractivity contribution in [3.8, 4) is 0 Å². The molecule has 1 heterocycles. The lowest BCUT2D eigenvalue weighted by Gasteiger charge is -2.25. The molecule has 1 aromatic carbocycles. The molecular weight excluding hydrogens is 356 g/mol. The molecule has 1 atom stereocenters. The fourth-order valence-electron chi connectivity index (χ4n) is 2.62. The molecule has 1 fully saturated rings. The van der Waals surface area contributed by atoms with Crippen LogP contribution in [0.15, 0.2) is 27.6 Å². The lowest BCUT2D eigenvalue weighted by atomic mass is 10.2. The van der Waals surface area contributed by atoms with Gasteiger partial charge in [-0.25, -0.2) is 8.42 Å². The van der Waals surface area contributed by atoms with Crippen molar-refractivity contribution < 1.29 is 13.5 Å². The molecule has 21 heavy (non-hydrogen) atoms. The van der Waals surface area contributed by atoms with Crippen LogP contribution in [0.3, 0.4) is 0 Å². The van der Waals surface area contributed by atoms with Gasteiger partial charge in [0.05, 0.1) is 11.5 Å². The molecule has 7 heteroatoms. The number of rotatable bonds is 5. The van der Waals surface area contributed by atoms with E-state index in [0.717, 1.165) is 19.4 Å². The molecule has 1 saturated heterocycles. The van der Waals surface area contributed by atoms with Crippen molar-refractivity contribution in [2.45, 2.75) is 30.4 Å². The van der Waals surface area contributed by atoms with Gasteiger partial charge in [-0.15, -0.1) is 0 Å². The topological polar surface area (TPSA) is 60.9 Å². The molecule has 0 spiro atoms. The number of sulfonamides is 1. The predicted molar refractivity (Wildman–Crippen MR) is 85.5 cm³/mol. The van der Waals surface area contributed by atoms with Gasteiger partial charge in [-0.2, -0.15) is 4.31 Å². The second-order valence-electron chi connectivity index (χ2n) is 5.49. The Bertz CT molecular complexity index is 606. The Morgan fingerprint density at radius 3 is 2.71 bits per heavy atom. The van der Waals surface area contributed by atoms with E-state index < -0.39 is 10.0 Å². The molecule has 0 aromatic heterocycles. The fourth-order valence-corrected chi connectivity index (χ4v) is 4.91. The van der Waals surface area contributed by atoms with E-state index in [4.69, 9.17) is 5.11 Å². The number of nitrogens with zero attached hydrogens (tertiary/aromatic N) is 2. The average molecular weight is 377 g/mol. The van der Waals surface area contributed by atoms with Gasteiger partial charge >= 0.3 is 0 Å². The zero-order valence-electron chi connectivity index (χ0n) is 12.3. The van der Waals surface area contributed by atoms with Crippen molar-refractivity contribution in [3.63, 3.8) is 0 Å². The maximum atomic E-state index is 12.7. The van der Waals surface area contributed by atoms with E-state index in [-0.39, 0.29) is 17.5 Å². The van der Waals surface area contributed by atoms with Crippen LogP contribution in [0.5, 0.6) is 0 Å². The van der Waals surface area contributed by atoms with Gasteiger partial charge in [0.25, 0.3) is 0 Å². The predicted octanol–water partition coefficient (Wildman–Crippen LogP) is 1.66. The number of likely N-dealkylation sites (tertiary alicyclic amines) is 1. The summed E-state index contributed by atoms with van der Waals surface area (Å²) in [7, 11) is 0.123. The normalized spacial score (nSPS) is 20.3. The third kappa shape index (κ3) is 3.65. The molecule has 0 bridgehead atoms. The SMILES string of the molecule is CN1CCCC1CN(C)S(=O)(=O)c1ccc(CO)cc1Br. The highest BCUT2D eigenvalue weighted by Gasteiger charge is 2.29. The highest BCUT2D eigenvalue weighted by atomic mass is 79.9. The summed E-state index contributed by atoms with van der Waals surface area (Å²) in [4.78, 5) is 2.44. The summed E-state index contributed by atoms with van der Waals surface area (Å²) in [6.45, 7) is 1.40. The molecular formula is C14H21BrN2O3S. The summed E-state index contributed by atoms with van der Waals surface area (Å²) in [5.74, 6) is 0. The third-order valence-electron chi connectivity index (χ3n) is 4.01. The van der Waals surface area contributed by atoms with Gasteiger partial charge in [0, 0.05) is 24.1 Å². The molecule has 0 amide bonds. The number of hydrogen-bond acceptors (Lipinski definition) is 4. The number of aliphatic hydroxyl groups is 1. The van der Waals surface area contributed by atoms with E-state index in [2.05, 4.69) is 20.8 Å². The molecule has 5 nitrogen and oxygen atoms in total. The van der Waals surface area contributed by atoms with Crippen molar-refractivity contribution in [1.29, 1.82) is 0 Å². The van der Waals surface area contributed by atoms with E-state index in [1.165, 1.54) is 4.31 Å². The Kier molecular flexibility index (Phi) is 5.43. The van der Waals surface area contributed by atoms with Gasteiger partial charge in [-0.05, 0) is 60.1 Å². The van der Waals surface area contributed by atoms with E-state index >= 15 is 0 Å². The zero-order chi connectivity index (χ0) is 15.6. The largest absolute Gasteiger partial charge is 0.392 e. The molecule has 1 aromatic rings. The molecule has 0 saturated carbocycles. The first kappa shape index (κ1) is 16.9. The molecule has 1 aliphatic heterocycles. The van der Waals surface area contributed by atoms with Crippen molar-refractivity contribution in [2.75, 3.05) is 27.2 Å². The van der Waals surface area contributed by atoms with Gasteiger partial charge in [0.15, 0.2) is 0 Å². The smallest absolute Gasteiger partial charge is 0.243 e. The quantitative estimate of drug-likeness (QED) is 0.848. The summed E-state index contributed by atoms with van der Waals surface area (Å²) < 4.78 is 27.2. The number of likely N-dealkylation sites (N-methyl/N-ethyl adjacent to an activating group) is 2. The van der Waals surface area contributed by atoms with Crippen LogP contribution in [0.1, 0.15) is 18.4 Å². The highest BCUT2D eigenvalue weighted by molar-refractivity contribution is 9.10. The number of halogens is 1. The van der Waals surface area contributed by atoms with Crippen LogP contribution >= 0.6 is 15.9 Å². The summed E-state index contributed by atoms with van der Waals surface area (Å²) in [6, 6.07) is 5.09. The lowest BCUT2D eigenvalue weighted by Crippen LogP contribution is -2.39. The zero-order valence-corrected chi connectivity index (χ0v) is 14.7. The van der Waals surface area contributed by atoms with Crippen LogP contribution in [-0.2, 0) is 16.6 Å². The Morgan fingerprint density at radius 1 is 1.48 bits per heavy atom. The minimum Gasteiger partial charge on any atom is -0.392 e. The van der Waals surface area contributed by atoms with Crippen molar-refractivity contribution in [2.24, 2.45) is 0 Å². The molecule has 1 unspecified atom stereocenters. The lowest BCUT2D eigenvalue weighted by molar-refractivity contribution is 0.271. The van der Waals surface area contributed by atoms with Gasteiger partial charge < -0.3 is 10.0 Å². The van der Waals surface area contributed by atoms with Crippen LogP contribution in [0.25, 0.3) is 0 Å². The van der Waals surface area contributed by atoms with Crippen molar-refractivity contribution in [3.05, 3.63) is 28.2 Å². The van der Waals surface area contributed by atoms with Gasteiger partial charge in [0.2, 0.25) is 10.0 Å². The van der Waals surface area contributed by atoms with E-state index in [1.807, 2.05) is 7.05 Å². The number of hydrogen-bond donors (Lipinski definition) is 1. The number of aliphatic hydroxyl groups excluding tert-OH is 1. The van der Waals surface area contributed by atoms with Gasteiger partial charge in [-0.1, -0.05) is 6.07 Å². The van der Waals surface area contributed by atoms with Crippen molar-refractivity contribution >= 4 is 26.0 Å². The average Bonchev–Trinajstić information content (AvgIpc) is 2.83. The monoisotopic (exact) mass is 376 g/mol. The molecule has 2 rings (SSSR count). The first-order valence-corrected chi connectivity index (χ1v) is 9.15. The Morgan fingerprint density at radius 2 is 2.19 bits per heavy atom. The first-order valence-electron chi connectivity index (χ1n) is 6.92. The maximum Gasteiger partial charge on any atom is 0.243 e. The Labute approximate surface area is 134 Å².